The number of ether oxygens (including phenoxy) is 1. The molecular weight excluding hydrogens is 490 g/mol. The first-order valence-electron chi connectivity index (χ1n) is 13.6. The van der Waals surface area contributed by atoms with Crippen molar-refractivity contribution in [1.82, 2.24) is 35.4 Å². The summed E-state index contributed by atoms with van der Waals surface area (Å²) in [6.45, 7) is 5.85. The number of fused-ring (bicyclic) bond motifs is 5. The van der Waals surface area contributed by atoms with Crippen molar-refractivity contribution in [2.75, 3.05) is 26.3 Å². The molecule has 1 amide bonds. The molecule has 198 valence electrons. The topological polar surface area (TPSA) is 112 Å². The molecule has 0 saturated carbocycles. The number of H-pyrrole nitrogens is 2. The van der Waals surface area contributed by atoms with Gasteiger partial charge in [0.05, 0.1) is 42.7 Å². The number of nitrogens with zero attached hydrogens (tertiary/aromatic N) is 4. The van der Waals surface area contributed by atoms with Crippen molar-refractivity contribution in [3.63, 3.8) is 0 Å². The molecule has 0 bridgehead atoms. The Morgan fingerprint density at radius 3 is 2.74 bits per heavy atom. The Bertz CT molecular complexity index is 1660. The lowest BCUT2D eigenvalue weighted by atomic mass is 9.82. The summed E-state index contributed by atoms with van der Waals surface area (Å²) in [7, 11) is 0. The van der Waals surface area contributed by atoms with Gasteiger partial charge in [0.2, 0.25) is 0 Å². The van der Waals surface area contributed by atoms with Crippen LogP contribution in [0.1, 0.15) is 39.4 Å². The maximum absolute atomic E-state index is 12.8. The first-order chi connectivity index (χ1) is 19.1. The largest absolute Gasteiger partial charge is 0.379 e. The van der Waals surface area contributed by atoms with Crippen LogP contribution in [0.3, 0.4) is 0 Å². The summed E-state index contributed by atoms with van der Waals surface area (Å²) in [5, 5.41) is 12.7. The second-order valence-electron chi connectivity index (χ2n) is 10.5. The molecule has 4 heterocycles. The number of rotatable bonds is 5. The first kappa shape index (κ1) is 24.0. The molecule has 1 atom stereocenters. The summed E-state index contributed by atoms with van der Waals surface area (Å²) in [5.41, 5.74) is 8.33. The molecule has 2 aliphatic rings. The minimum Gasteiger partial charge on any atom is -0.379 e. The van der Waals surface area contributed by atoms with Crippen molar-refractivity contribution in [3.05, 3.63) is 77.0 Å². The van der Waals surface area contributed by atoms with Gasteiger partial charge in [-0.1, -0.05) is 12.1 Å². The van der Waals surface area contributed by atoms with Gasteiger partial charge in [-0.3, -0.25) is 14.8 Å². The zero-order valence-corrected chi connectivity index (χ0v) is 22.0. The highest BCUT2D eigenvalue weighted by atomic mass is 16.5. The van der Waals surface area contributed by atoms with Crippen LogP contribution in [0.2, 0.25) is 0 Å². The van der Waals surface area contributed by atoms with E-state index in [1.54, 1.807) is 6.20 Å². The number of aromatic nitrogens is 5. The minimum atomic E-state index is -0.126. The minimum absolute atomic E-state index is 0.126. The van der Waals surface area contributed by atoms with E-state index in [0.29, 0.717) is 18.2 Å². The van der Waals surface area contributed by atoms with Crippen molar-refractivity contribution in [2.45, 2.75) is 38.8 Å². The highest BCUT2D eigenvalue weighted by molar-refractivity contribution is 6.07. The summed E-state index contributed by atoms with van der Waals surface area (Å²) in [4.78, 5) is 28.0. The molecule has 1 saturated heterocycles. The fourth-order valence-corrected chi connectivity index (χ4v) is 6.14. The molecule has 3 aromatic heterocycles. The van der Waals surface area contributed by atoms with Gasteiger partial charge in [0.25, 0.3) is 5.91 Å². The van der Waals surface area contributed by atoms with E-state index in [0.717, 1.165) is 84.8 Å². The Morgan fingerprint density at radius 1 is 1.10 bits per heavy atom. The molecular formula is C30H31N7O2. The van der Waals surface area contributed by atoms with Crippen LogP contribution in [0.25, 0.3) is 33.1 Å². The van der Waals surface area contributed by atoms with Gasteiger partial charge in [-0.05, 0) is 61.6 Å². The van der Waals surface area contributed by atoms with E-state index in [-0.39, 0.29) is 5.91 Å². The lowest BCUT2D eigenvalue weighted by Crippen LogP contribution is -2.46. The number of aromatic amines is 2. The fourth-order valence-electron chi connectivity index (χ4n) is 6.14. The maximum atomic E-state index is 12.8. The zero-order chi connectivity index (χ0) is 26.3. The lowest BCUT2D eigenvalue weighted by Gasteiger charge is -2.38. The van der Waals surface area contributed by atoms with Crippen LogP contribution in [0.15, 0.2) is 48.8 Å². The Hall–Kier alpha value is -4.08. The van der Waals surface area contributed by atoms with Crippen molar-refractivity contribution >= 4 is 27.7 Å². The highest BCUT2D eigenvalue weighted by Gasteiger charge is 2.30. The van der Waals surface area contributed by atoms with Crippen LogP contribution < -0.4 is 5.32 Å². The van der Waals surface area contributed by atoms with Crippen molar-refractivity contribution in [1.29, 1.82) is 0 Å². The van der Waals surface area contributed by atoms with Crippen LogP contribution in [-0.4, -0.2) is 68.3 Å². The van der Waals surface area contributed by atoms with Crippen LogP contribution >= 0.6 is 0 Å². The molecule has 0 radical (unpaired) electrons. The van der Waals surface area contributed by atoms with Gasteiger partial charge in [-0.25, -0.2) is 9.97 Å². The van der Waals surface area contributed by atoms with Crippen molar-refractivity contribution < 1.29 is 9.53 Å². The van der Waals surface area contributed by atoms with E-state index in [1.165, 1.54) is 16.5 Å². The fraction of sp³-hybridized carbons (Fsp3) is 0.333. The standard InChI is InChI=1S/C30H31N7O2/c1-18-15-31-27(34-18)17-32-30(38)20-4-2-19(3-5-20)29-23-14-21(37-10-12-39-13-11-37)6-7-22(23)28-24-16-33-36-25(24)8-9-26(28)35-29/h2-5,8-9,15-16,21H,6-7,10-14,17H2,1H3,(H,31,34)(H,32,38)(H,33,36). The van der Waals surface area contributed by atoms with Crippen molar-refractivity contribution in [3.8, 4) is 11.3 Å². The molecule has 7 rings (SSSR count). The summed E-state index contributed by atoms with van der Waals surface area (Å²) in [6.07, 6.45) is 6.75. The van der Waals surface area contributed by atoms with Gasteiger partial charge in [-0.15, -0.1) is 0 Å². The molecule has 3 N–H and O–H groups in total. The smallest absolute Gasteiger partial charge is 0.251 e. The van der Waals surface area contributed by atoms with E-state index in [9.17, 15) is 4.79 Å². The van der Waals surface area contributed by atoms with E-state index >= 15 is 0 Å². The van der Waals surface area contributed by atoms with Gasteiger partial charge in [-0.2, -0.15) is 5.10 Å². The predicted molar refractivity (Wildman–Crippen MR) is 150 cm³/mol. The molecule has 1 unspecified atom stereocenters. The number of carbonyl (C=O) groups is 1. The average molecular weight is 522 g/mol. The van der Waals surface area contributed by atoms with Gasteiger partial charge in [0.15, 0.2) is 0 Å². The molecule has 1 fully saturated rings. The summed E-state index contributed by atoms with van der Waals surface area (Å²) in [6, 6.07) is 12.4. The number of amides is 1. The number of carbonyl (C=O) groups excluding carboxylic acids is 1. The molecule has 0 spiro atoms. The van der Waals surface area contributed by atoms with E-state index in [1.807, 2.05) is 37.4 Å². The number of morpholine rings is 1. The summed E-state index contributed by atoms with van der Waals surface area (Å²) < 4.78 is 5.62. The SMILES string of the molecule is Cc1cnc(CNC(=O)c2ccc(-c3nc4ccc5[nH]ncc5c4c4c3CC(N3CCOCC3)CC4)cc2)[nH]1. The summed E-state index contributed by atoms with van der Waals surface area (Å²) in [5.74, 6) is 0.616. The van der Waals surface area contributed by atoms with Gasteiger partial charge < -0.3 is 15.0 Å². The van der Waals surface area contributed by atoms with E-state index in [2.05, 4.69) is 42.5 Å². The molecule has 1 aliphatic carbocycles. The van der Waals surface area contributed by atoms with Crippen molar-refractivity contribution in [2.24, 2.45) is 0 Å². The van der Waals surface area contributed by atoms with E-state index < -0.39 is 0 Å². The van der Waals surface area contributed by atoms with Crippen LogP contribution in [0.5, 0.6) is 0 Å². The molecule has 9 heteroatoms. The molecule has 39 heavy (non-hydrogen) atoms. The monoisotopic (exact) mass is 521 g/mol. The number of nitrogens with one attached hydrogen (secondary N) is 3. The van der Waals surface area contributed by atoms with Crippen LogP contribution in [0.4, 0.5) is 0 Å². The van der Waals surface area contributed by atoms with Crippen LogP contribution in [-0.2, 0) is 24.1 Å². The van der Waals surface area contributed by atoms with Gasteiger partial charge >= 0.3 is 0 Å². The van der Waals surface area contributed by atoms with Gasteiger partial charge in [0.1, 0.15) is 5.82 Å². The molecule has 2 aromatic carbocycles. The second kappa shape index (κ2) is 9.91. The predicted octanol–water partition coefficient (Wildman–Crippen LogP) is 3.93. The Labute approximate surface area is 226 Å². The number of hydrogen-bond donors (Lipinski definition) is 3. The zero-order valence-electron chi connectivity index (χ0n) is 22.0. The van der Waals surface area contributed by atoms with Crippen LogP contribution in [0, 0.1) is 6.92 Å². The highest BCUT2D eigenvalue weighted by Crippen LogP contribution is 2.39. The number of aryl methyl sites for hydroxylation is 2. The normalized spacial score (nSPS) is 17.9. The Morgan fingerprint density at radius 2 is 1.95 bits per heavy atom. The quantitative estimate of drug-likeness (QED) is 0.323. The number of pyridine rings is 1. The second-order valence-corrected chi connectivity index (χ2v) is 10.5. The Kier molecular flexibility index (Phi) is 6.09. The Balaban J connectivity index is 1.24. The third-order valence-electron chi connectivity index (χ3n) is 8.11. The molecule has 5 aromatic rings. The third kappa shape index (κ3) is 4.47. The molecule has 9 nitrogen and oxygen atoms in total. The first-order valence-corrected chi connectivity index (χ1v) is 13.6. The van der Waals surface area contributed by atoms with E-state index in [4.69, 9.17) is 9.72 Å². The van der Waals surface area contributed by atoms with Gasteiger partial charge in [0, 0.05) is 52.9 Å². The number of imidazole rings is 1. The average Bonchev–Trinajstić information content (AvgIpc) is 3.64. The summed E-state index contributed by atoms with van der Waals surface area (Å²) >= 11 is 0. The third-order valence-corrected chi connectivity index (χ3v) is 8.11. The number of hydrogen-bond acceptors (Lipinski definition) is 6. The lowest BCUT2D eigenvalue weighted by molar-refractivity contribution is 0.0138. The molecule has 1 aliphatic heterocycles. The number of benzene rings is 2. The maximum Gasteiger partial charge on any atom is 0.251 e.